The van der Waals surface area contributed by atoms with Crippen LogP contribution >= 0.6 is 0 Å². The number of halogens is 1. The second kappa shape index (κ2) is 11.6. The Morgan fingerprint density at radius 2 is 1.76 bits per heavy atom. The molecule has 0 saturated carbocycles. The smallest absolute Gasteiger partial charge is 0.329 e. The van der Waals surface area contributed by atoms with Gasteiger partial charge in [-0.2, -0.15) is 0 Å². The van der Waals surface area contributed by atoms with E-state index in [1.165, 1.54) is 38.4 Å². The molecule has 0 bridgehead atoms. The highest BCUT2D eigenvalue weighted by Gasteiger charge is 2.31. The number of nitrogens with zero attached hydrogens (tertiary/aromatic N) is 1. The van der Waals surface area contributed by atoms with E-state index in [4.69, 9.17) is 14.2 Å². The summed E-state index contributed by atoms with van der Waals surface area (Å²) in [5.41, 5.74) is 1.42. The van der Waals surface area contributed by atoms with Crippen molar-refractivity contribution >= 4 is 17.8 Å². The Hall–Kier alpha value is -3.49. The standard InChI is InChI=1S/C25H31FN2O6/c1-13(2)21(25(31)33-16(5)15(4)19-9-8-18(26)12-14(19)3)28-24(30)22-23(34-17(6)29)20(32-7)10-11-27-22/h8-13,15-16,21H,1-7H3,(H,28,30)/t15-,16+,21-/m0/s1. The summed E-state index contributed by atoms with van der Waals surface area (Å²) in [5, 5.41) is 2.63. The molecule has 0 aliphatic rings. The maximum atomic E-state index is 13.5. The summed E-state index contributed by atoms with van der Waals surface area (Å²) < 4.78 is 29.4. The molecule has 9 heteroatoms. The van der Waals surface area contributed by atoms with E-state index in [1.807, 2.05) is 6.92 Å². The monoisotopic (exact) mass is 474 g/mol. The third-order valence-corrected chi connectivity index (χ3v) is 5.48. The predicted octanol–water partition coefficient (Wildman–Crippen LogP) is 3.95. The fraction of sp³-hybridized carbons (Fsp3) is 0.440. The van der Waals surface area contributed by atoms with Gasteiger partial charge in [0.15, 0.2) is 11.4 Å². The maximum absolute atomic E-state index is 13.5. The first-order chi connectivity index (χ1) is 16.0. The van der Waals surface area contributed by atoms with Gasteiger partial charge >= 0.3 is 11.9 Å². The van der Waals surface area contributed by atoms with Crippen molar-refractivity contribution in [3.05, 3.63) is 53.1 Å². The van der Waals surface area contributed by atoms with Crippen molar-refractivity contribution in [3.8, 4) is 11.5 Å². The quantitative estimate of drug-likeness (QED) is 0.549. The molecule has 0 unspecified atom stereocenters. The van der Waals surface area contributed by atoms with Crippen molar-refractivity contribution < 1.29 is 33.0 Å². The van der Waals surface area contributed by atoms with Crippen LogP contribution in [-0.2, 0) is 14.3 Å². The minimum Gasteiger partial charge on any atom is -0.493 e. The number of rotatable bonds is 9. The van der Waals surface area contributed by atoms with Crippen LogP contribution in [0.3, 0.4) is 0 Å². The second-order valence-corrected chi connectivity index (χ2v) is 8.41. The third-order valence-electron chi connectivity index (χ3n) is 5.48. The fourth-order valence-electron chi connectivity index (χ4n) is 3.46. The summed E-state index contributed by atoms with van der Waals surface area (Å²) >= 11 is 0. The van der Waals surface area contributed by atoms with Crippen LogP contribution in [-0.4, -0.2) is 42.1 Å². The number of aromatic nitrogens is 1. The normalized spacial score (nSPS) is 13.6. The first kappa shape index (κ1) is 26.8. The summed E-state index contributed by atoms with van der Waals surface area (Å²) in [6.45, 7) is 10.1. The fourth-order valence-corrected chi connectivity index (χ4v) is 3.46. The number of amides is 1. The number of benzene rings is 1. The molecule has 0 saturated heterocycles. The average Bonchev–Trinajstić information content (AvgIpc) is 2.76. The first-order valence-electron chi connectivity index (χ1n) is 10.9. The largest absolute Gasteiger partial charge is 0.493 e. The number of hydrogen-bond acceptors (Lipinski definition) is 7. The number of hydrogen-bond donors (Lipinski definition) is 1. The Bertz CT molecular complexity index is 1060. The van der Waals surface area contributed by atoms with Gasteiger partial charge in [0.05, 0.1) is 7.11 Å². The Kier molecular flexibility index (Phi) is 9.11. The Morgan fingerprint density at radius 3 is 2.32 bits per heavy atom. The van der Waals surface area contributed by atoms with Gasteiger partial charge in [-0.1, -0.05) is 26.8 Å². The Morgan fingerprint density at radius 1 is 1.09 bits per heavy atom. The number of carbonyl (C=O) groups excluding carboxylic acids is 3. The van der Waals surface area contributed by atoms with Crippen LogP contribution < -0.4 is 14.8 Å². The average molecular weight is 475 g/mol. The van der Waals surface area contributed by atoms with E-state index in [2.05, 4.69) is 10.3 Å². The van der Waals surface area contributed by atoms with Gasteiger partial charge in [0.1, 0.15) is 18.0 Å². The van der Waals surface area contributed by atoms with E-state index >= 15 is 0 Å². The number of ether oxygens (including phenoxy) is 3. The highest BCUT2D eigenvalue weighted by Crippen LogP contribution is 2.30. The number of carbonyl (C=O) groups is 3. The van der Waals surface area contributed by atoms with Crippen molar-refractivity contribution in [1.82, 2.24) is 10.3 Å². The molecule has 3 atom stereocenters. The van der Waals surface area contributed by atoms with Crippen LogP contribution in [0.2, 0.25) is 0 Å². The molecule has 34 heavy (non-hydrogen) atoms. The summed E-state index contributed by atoms with van der Waals surface area (Å²) in [4.78, 5) is 41.5. The van der Waals surface area contributed by atoms with Crippen LogP contribution in [0, 0.1) is 18.7 Å². The van der Waals surface area contributed by atoms with E-state index in [9.17, 15) is 18.8 Å². The molecule has 0 aliphatic carbocycles. The van der Waals surface area contributed by atoms with Crippen molar-refractivity contribution in [1.29, 1.82) is 0 Å². The van der Waals surface area contributed by atoms with Gasteiger partial charge in [0.25, 0.3) is 5.91 Å². The highest BCUT2D eigenvalue weighted by atomic mass is 19.1. The van der Waals surface area contributed by atoms with Crippen molar-refractivity contribution in [3.63, 3.8) is 0 Å². The highest BCUT2D eigenvalue weighted by molar-refractivity contribution is 5.98. The summed E-state index contributed by atoms with van der Waals surface area (Å²) in [6, 6.07) is 4.93. The van der Waals surface area contributed by atoms with Gasteiger partial charge in [-0.05, 0) is 43.0 Å². The zero-order chi connectivity index (χ0) is 25.6. The van der Waals surface area contributed by atoms with Gasteiger partial charge in [0.2, 0.25) is 5.75 Å². The molecule has 0 radical (unpaired) electrons. The zero-order valence-corrected chi connectivity index (χ0v) is 20.5. The number of aryl methyl sites for hydroxylation is 1. The number of nitrogens with one attached hydrogen (secondary N) is 1. The molecule has 0 aliphatic heterocycles. The van der Waals surface area contributed by atoms with Gasteiger partial charge in [-0.3, -0.25) is 9.59 Å². The minimum absolute atomic E-state index is 0.139. The number of methoxy groups -OCH3 is 1. The summed E-state index contributed by atoms with van der Waals surface area (Å²) in [7, 11) is 1.36. The molecule has 1 heterocycles. The Balaban J connectivity index is 2.21. The minimum atomic E-state index is -0.991. The topological polar surface area (TPSA) is 104 Å². The number of pyridine rings is 1. The van der Waals surface area contributed by atoms with Crippen LogP contribution in [0.25, 0.3) is 0 Å². The summed E-state index contributed by atoms with van der Waals surface area (Å²) in [6.07, 6.45) is 0.791. The van der Waals surface area contributed by atoms with E-state index in [0.717, 1.165) is 11.1 Å². The van der Waals surface area contributed by atoms with Crippen LogP contribution in [0.15, 0.2) is 30.5 Å². The van der Waals surface area contributed by atoms with E-state index in [-0.39, 0.29) is 34.8 Å². The van der Waals surface area contributed by atoms with Gasteiger partial charge in [0, 0.05) is 25.1 Å². The molecule has 1 aromatic heterocycles. The van der Waals surface area contributed by atoms with Crippen molar-refractivity contribution in [2.24, 2.45) is 5.92 Å². The molecular formula is C25H31FN2O6. The Labute approximate surface area is 198 Å². The zero-order valence-electron chi connectivity index (χ0n) is 20.5. The number of esters is 2. The molecule has 1 aromatic carbocycles. The van der Waals surface area contributed by atoms with Crippen molar-refractivity contribution in [2.45, 2.75) is 59.6 Å². The van der Waals surface area contributed by atoms with Gasteiger partial charge < -0.3 is 19.5 Å². The van der Waals surface area contributed by atoms with Crippen LogP contribution in [0.5, 0.6) is 11.5 Å². The lowest BCUT2D eigenvalue weighted by molar-refractivity contribution is -0.152. The molecule has 0 fully saturated rings. The van der Waals surface area contributed by atoms with Gasteiger partial charge in [-0.15, -0.1) is 0 Å². The molecule has 2 aromatic rings. The molecule has 0 spiro atoms. The lowest BCUT2D eigenvalue weighted by Crippen LogP contribution is -2.46. The van der Waals surface area contributed by atoms with E-state index in [0.29, 0.717) is 0 Å². The van der Waals surface area contributed by atoms with E-state index in [1.54, 1.807) is 33.8 Å². The van der Waals surface area contributed by atoms with Crippen LogP contribution in [0.4, 0.5) is 4.39 Å². The molecule has 1 N–H and O–H groups in total. The molecule has 184 valence electrons. The molecule has 2 rings (SSSR count). The van der Waals surface area contributed by atoms with Crippen molar-refractivity contribution in [2.75, 3.05) is 7.11 Å². The third kappa shape index (κ3) is 6.52. The molecule has 8 nitrogen and oxygen atoms in total. The SMILES string of the molecule is COc1ccnc(C(=O)N[C@H](C(=O)O[C@H](C)[C@H](C)c2ccc(F)cc2C)C(C)C)c1OC(C)=O. The van der Waals surface area contributed by atoms with Crippen LogP contribution in [0.1, 0.15) is 62.2 Å². The van der Waals surface area contributed by atoms with E-state index < -0.39 is 30.0 Å². The first-order valence-corrected chi connectivity index (χ1v) is 10.9. The molecular weight excluding hydrogens is 443 g/mol. The lowest BCUT2D eigenvalue weighted by Gasteiger charge is -2.27. The predicted molar refractivity (Wildman–Crippen MR) is 123 cm³/mol. The summed E-state index contributed by atoms with van der Waals surface area (Å²) in [5.74, 6) is -2.84. The molecule has 1 amide bonds. The van der Waals surface area contributed by atoms with Gasteiger partial charge in [-0.25, -0.2) is 14.2 Å². The maximum Gasteiger partial charge on any atom is 0.329 e. The second-order valence-electron chi connectivity index (χ2n) is 8.41. The lowest BCUT2D eigenvalue weighted by atomic mass is 9.92.